The normalized spacial score (nSPS) is 10.3. The molecule has 0 radical (unpaired) electrons. The fraction of sp³-hybridized carbons (Fsp3) is 0.0909. The van der Waals surface area contributed by atoms with Crippen molar-refractivity contribution in [3.8, 4) is 11.5 Å². The van der Waals surface area contributed by atoms with Gasteiger partial charge in [-0.3, -0.25) is 4.79 Å². The third kappa shape index (κ3) is 6.61. The van der Waals surface area contributed by atoms with Crippen molar-refractivity contribution in [1.29, 1.82) is 0 Å². The fourth-order valence-electron chi connectivity index (χ4n) is 2.70. The minimum atomic E-state index is -1.60. The predicted octanol–water partition coefficient (Wildman–Crippen LogP) is 1.49. The molecule has 3 rings (SSSR count). The molecule has 172 valence electrons. The molecule has 0 spiro atoms. The molecule has 0 aliphatic heterocycles. The van der Waals surface area contributed by atoms with E-state index in [1.807, 2.05) is 0 Å². The molecule has 34 heavy (non-hydrogen) atoms. The average molecular weight is 506 g/mol. The molecule has 6 nitrogen and oxygen atoms in total. The van der Waals surface area contributed by atoms with E-state index in [0.29, 0.717) is 17.2 Å². The van der Waals surface area contributed by atoms with Crippen molar-refractivity contribution < 1.29 is 56.2 Å². The van der Waals surface area contributed by atoms with Crippen LogP contribution < -0.4 is 38.8 Å². The standard InChI is InChI=1S/C22H14Cl2F3NO5.Li/c23-11-1-3-13(15(24)9-11)21(29)28-18-6-2-12(10-14(18)22(30)31)32-7-8-33-20-17(26)5-4-16(25)19(20)27;/h1-6,9-10H,7-8H2,(H,28,29)(H,30,31);/q;+1/p-1. The molecule has 3 aromatic rings. The van der Waals surface area contributed by atoms with E-state index in [1.54, 1.807) is 0 Å². The number of halogens is 5. The van der Waals surface area contributed by atoms with E-state index in [9.17, 15) is 27.9 Å². The van der Waals surface area contributed by atoms with Gasteiger partial charge >= 0.3 is 18.9 Å². The molecular weight excluding hydrogens is 493 g/mol. The van der Waals surface area contributed by atoms with Gasteiger partial charge in [0.15, 0.2) is 17.4 Å². The van der Waals surface area contributed by atoms with Gasteiger partial charge in [-0.05, 0) is 48.5 Å². The summed E-state index contributed by atoms with van der Waals surface area (Å²) in [7, 11) is 0. The molecular formula is C22H13Cl2F3LiNO5. The van der Waals surface area contributed by atoms with Crippen molar-refractivity contribution in [3.63, 3.8) is 0 Å². The molecule has 0 heterocycles. The van der Waals surface area contributed by atoms with Crippen molar-refractivity contribution in [2.45, 2.75) is 0 Å². The van der Waals surface area contributed by atoms with E-state index in [1.165, 1.54) is 30.3 Å². The van der Waals surface area contributed by atoms with Crippen molar-refractivity contribution in [2.75, 3.05) is 18.5 Å². The van der Waals surface area contributed by atoms with Gasteiger partial charge in [-0.2, -0.15) is 4.39 Å². The summed E-state index contributed by atoms with van der Waals surface area (Å²) < 4.78 is 50.5. The maximum atomic E-state index is 13.6. The zero-order valence-electron chi connectivity index (χ0n) is 17.5. The molecule has 0 aromatic heterocycles. The van der Waals surface area contributed by atoms with Gasteiger partial charge in [-0.25, -0.2) is 8.78 Å². The first-order valence-electron chi connectivity index (χ1n) is 9.18. The first kappa shape index (κ1) is 27.4. The van der Waals surface area contributed by atoms with Crippen molar-refractivity contribution in [1.82, 2.24) is 0 Å². The molecule has 0 unspecified atom stereocenters. The van der Waals surface area contributed by atoms with Crippen LogP contribution in [0.25, 0.3) is 0 Å². The monoisotopic (exact) mass is 505 g/mol. The van der Waals surface area contributed by atoms with Crippen LogP contribution in [0.5, 0.6) is 11.5 Å². The molecule has 1 N–H and O–H groups in total. The summed E-state index contributed by atoms with van der Waals surface area (Å²) in [5.74, 6) is -6.97. The molecule has 1 amide bonds. The maximum absolute atomic E-state index is 13.6. The Kier molecular flexibility index (Phi) is 9.71. The van der Waals surface area contributed by atoms with Gasteiger partial charge in [0.05, 0.1) is 22.2 Å². The van der Waals surface area contributed by atoms with Gasteiger partial charge in [-0.1, -0.05) is 23.2 Å². The number of rotatable bonds is 8. The van der Waals surface area contributed by atoms with E-state index < -0.39 is 40.6 Å². The average Bonchev–Trinajstić information content (AvgIpc) is 2.76. The second kappa shape index (κ2) is 12.0. The number of aromatic carboxylic acids is 1. The number of carbonyl (C=O) groups is 2. The van der Waals surface area contributed by atoms with E-state index in [-0.39, 0.29) is 54.1 Å². The number of benzene rings is 3. The quantitative estimate of drug-likeness (QED) is 0.284. The largest absolute Gasteiger partial charge is 1.00 e. The van der Waals surface area contributed by atoms with Crippen LogP contribution in [0.3, 0.4) is 0 Å². The third-order valence-corrected chi connectivity index (χ3v) is 4.78. The summed E-state index contributed by atoms with van der Waals surface area (Å²) in [5, 5.41) is 14.3. The summed E-state index contributed by atoms with van der Waals surface area (Å²) in [6.45, 7) is -0.626. The number of ether oxygens (including phenoxy) is 2. The van der Waals surface area contributed by atoms with Gasteiger partial charge in [0.1, 0.15) is 19.0 Å². The Morgan fingerprint density at radius 2 is 1.56 bits per heavy atom. The predicted molar refractivity (Wildman–Crippen MR) is 112 cm³/mol. The molecule has 0 saturated heterocycles. The van der Waals surface area contributed by atoms with Crippen LogP contribution >= 0.6 is 23.2 Å². The van der Waals surface area contributed by atoms with Gasteiger partial charge in [0, 0.05) is 10.6 Å². The number of carboxylic acids is 1. The van der Waals surface area contributed by atoms with E-state index in [4.69, 9.17) is 32.7 Å². The van der Waals surface area contributed by atoms with Gasteiger partial charge in [0.2, 0.25) is 5.82 Å². The summed E-state index contributed by atoms with van der Waals surface area (Å²) >= 11 is 11.8. The number of anilines is 1. The number of carboxylic acid groups (broad SMARTS) is 1. The van der Waals surface area contributed by atoms with Crippen molar-refractivity contribution in [3.05, 3.63) is 87.2 Å². The van der Waals surface area contributed by atoms with E-state index in [2.05, 4.69) is 5.32 Å². The number of carbonyl (C=O) groups excluding carboxylic acids is 2. The Morgan fingerprint density at radius 3 is 2.24 bits per heavy atom. The van der Waals surface area contributed by atoms with Crippen LogP contribution in [0.1, 0.15) is 20.7 Å². The maximum Gasteiger partial charge on any atom is 1.00 e. The SMILES string of the molecule is O=C(Nc1ccc(OCCOc2c(F)ccc(F)c2F)cc1C(=O)[O-])c1ccc(Cl)cc1Cl.[Li+]. The van der Waals surface area contributed by atoms with E-state index >= 15 is 0 Å². The topological polar surface area (TPSA) is 87.7 Å². The fourth-order valence-corrected chi connectivity index (χ4v) is 3.19. The molecule has 12 heteroatoms. The molecule has 0 bridgehead atoms. The number of hydrogen-bond donors (Lipinski definition) is 1. The number of nitrogens with one attached hydrogen (secondary N) is 1. The number of amides is 1. The number of hydrogen-bond acceptors (Lipinski definition) is 5. The molecule has 0 atom stereocenters. The minimum absolute atomic E-state index is 0. The molecule has 3 aromatic carbocycles. The molecule has 0 aliphatic carbocycles. The summed E-state index contributed by atoms with van der Waals surface area (Å²) in [4.78, 5) is 24.0. The van der Waals surface area contributed by atoms with Gasteiger partial charge in [-0.15, -0.1) is 0 Å². The second-order valence-electron chi connectivity index (χ2n) is 6.44. The van der Waals surface area contributed by atoms with Crippen LogP contribution in [0.4, 0.5) is 18.9 Å². The molecule has 0 fully saturated rings. The Labute approximate surface area is 213 Å². The summed E-state index contributed by atoms with van der Waals surface area (Å²) in [6, 6.07) is 9.20. The first-order valence-corrected chi connectivity index (χ1v) is 9.94. The van der Waals surface area contributed by atoms with Crippen LogP contribution in [-0.2, 0) is 0 Å². The zero-order valence-corrected chi connectivity index (χ0v) is 19.0. The summed E-state index contributed by atoms with van der Waals surface area (Å²) in [5.41, 5.74) is -0.410. The van der Waals surface area contributed by atoms with Crippen molar-refractivity contribution in [2.24, 2.45) is 0 Å². The first-order chi connectivity index (χ1) is 15.7. The van der Waals surface area contributed by atoms with Crippen LogP contribution in [0, 0.1) is 17.5 Å². The Bertz CT molecular complexity index is 1230. The summed E-state index contributed by atoms with van der Waals surface area (Å²) in [6.07, 6.45) is 0. The van der Waals surface area contributed by atoms with Crippen molar-refractivity contribution >= 4 is 40.8 Å². The Hall–Kier alpha value is -2.83. The van der Waals surface area contributed by atoms with Crippen LogP contribution in [0.15, 0.2) is 48.5 Å². The molecule has 0 saturated carbocycles. The third-order valence-electron chi connectivity index (χ3n) is 4.24. The minimum Gasteiger partial charge on any atom is -0.545 e. The van der Waals surface area contributed by atoms with Gasteiger partial charge in [0.25, 0.3) is 5.91 Å². The van der Waals surface area contributed by atoms with Gasteiger partial charge < -0.3 is 24.7 Å². The van der Waals surface area contributed by atoms with E-state index in [0.717, 1.165) is 6.07 Å². The smallest absolute Gasteiger partial charge is 0.545 e. The van der Waals surface area contributed by atoms with Crippen LogP contribution in [-0.4, -0.2) is 25.1 Å². The Balaban J connectivity index is 0.00000408. The van der Waals surface area contributed by atoms with Crippen LogP contribution in [0.2, 0.25) is 10.0 Å². The molecule has 0 aliphatic rings. The zero-order chi connectivity index (χ0) is 24.1. The second-order valence-corrected chi connectivity index (χ2v) is 7.29. The Morgan fingerprint density at radius 1 is 0.882 bits per heavy atom.